The molecule has 182 valence electrons. The first-order chi connectivity index (χ1) is 16.5. The van der Waals surface area contributed by atoms with Crippen LogP contribution in [-0.4, -0.2) is 62.0 Å². The van der Waals surface area contributed by atoms with E-state index in [4.69, 9.17) is 4.74 Å². The van der Waals surface area contributed by atoms with Crippen LogP contribution in [0.25, 0.3) is 0 Å². The Bertz CT molecular complexity index is 955. The van der Waals surface area contributed by atoms with Gasteiger partial charge < -0.3 is 20.3 Å². The number of hydrogen-bond acceptors (Lipinski definition) is 4. The van der Waals surface area contributed by atoms with Crippen molar-refractivity contribution in [1.82, 2.24) is 15.5 Å². The van der Waals surface area contributed by atoms with Gasteiger partial charge in [0, 0.05) is 38.9 Å². The van der Waals surface area contributed by atoms with Crippen LogP contribution in [0, 0.1) is 12.8 Å². The number of methoxy groups -OCH3 is 1. The molecule has 0 radical (unpaired) electrons. The summed E-state index contributed by atoms with van der Waals surface area (Å²) in [6.45, 7) is 4.12. The summed E-state index contributed by atoms with van der Waals surface area (Å²) in [4.78, 5) is 40.6. The zero-order chi connectivity index (χ0) is 24.3. The van der Waals surface area contributed by atoms with Crippen LogP contribution >= 0.6 is 0 Å². The largest absolute Gasteiger partial charge is 0.385 e. The van der Waals surface area contributed by atoms with E-state index in [9.17, 15) is 14.4 Å². The van der Waals surface area contributed by atoms with Gasteiger partial charge in [-0.05, 0) is 49.8 Å². The van der Waals surface area contributed by atoms with E-state index in [1.165, 1.54) is 0 Å². The number of nitrogens with one attached hydrogen (secondary N) is 2. The lowest BCUT2D eigenvalue weighted by atomic mass is 9.88. The highest BCUT2D eigenvalue weighted by Gasteiger charge is 2.33. The third-order valence-electron chi connectivity index (χ3n) is 6.24. The first-order valence-electron chi connectivity index (χ1n) is 11.9. The van der Waals surface area contributed by atoms with E-state index < -0.39 is 6.04 Å². The van der Waals surface area contributed by atoms with Gasteiger partial charge in [0.05, 0.1) is 6.42 Å². The Balaban J connectivity index is 1.62. The zero-order valence-corrected chi connectivity index (χ0v) is 20.1. The monoisotopic (exact) mass is 465 g/mol. The van der Waals surface area contributed by atoms with Crippen molar-refractivity contribution in [3.8, 4) is 0 Å². The Hall–Kier alpha value is -3.19. The van der Waals surface area contributed by atoms with Gasteiger partial charge in [0.2, 0.25) is 11.8 Å². The van der Waals surface area contributed by atoms with Crippen LogP contribution < -0.4 is 10.6 Å². The van der Waals surface area contributed by atoms with E-state index in [0.29, 0.717) is 57.5 Å². The molecule has 0 bridgehead atoms. The summed E-state index contributed by atoms with van der Waals surface area (Å²) >= 11 is 0. The number of likely N-dealkylation sites (tertiary alicyclic amines) is 1. The van der Waals surface area contributed by atoms with E-state index in [1.807, 2.05) is 60.4 Å². The SMILES string of the molecule is COCCCNC(=O)[C@H](NC(=O)c1cccc(C)c1)C1CCN(C(=O)Cc2ccccc2)CC1. The zero-order valence-electron chi connectivity index (χ0n) is 20.1. The molecular weight excluding hydrogens is 430 g/mol. The Morgan fingerprint density at radius 1 is 1.06 bits per heavy atom. The van der Waals surface area contributed by atoms with Gasteiger partial charge in [0.15, 0.2) is 0 Å². The molecule has 0 aliphatic carbocycles. The van der Waals surface area contributed by atoms with Crippen molar-refractivity contribution in [1.29, 1.82) is 0 Å². The predicted octanol–water partition coefficient (Wildman–Crippen LogP) is 2.73. The van der Waals surface area contributed by atoms with Gasteiger partial charge in [-0.1, -0.05) is 48.0 Å². The number of amides is 3. The Morgan fingerprint density at radius 2 is 1.79 bits per heavy atom. The van der Waals surface area contributed by atoms with Crippen LogP contribution in [0.4, 0.5) is 0 Å². The van der Waals surface area contributed by atoms with Crippen molar-refractivity contribution in [2.75, 3.05) is 33.4 Å². The van der Waals surface area contributed by atoms with Crippen LogP contribution in [0.3, 0.4) is 0 Å². The van der Waals surface area contributed by atoms with Crippen LogP contribution in [-0.2, 0) is 20.7 Å². The Morgan fingerprint density at radius 3 is 2.47 bits per heavy atom. The fourth-order valence-electron chi connectivity index (χ4n) is 4.31. The van der Waals surface area contributed by atoms with Crippen LogP contribution in [0.2, 0.25) is 0 Å². The maximum Gasteiger partial charge on any atom is 0.251 e. The highest BCUT2D eigenvalue weighted by atomic mass is 16.5. The first kappa shape index (κ1) is 25.4. The van der Waals surface area contributed by atoms with Crippen LogP contribution in [0.5, 0.6) is 0 Å². The number of carbonyl (C=O) groups is 3. The third-order valence-corrected chi connectivity index (χ3v) is 6.24. The predicted molar refractivity (Wildman–Crippen MR) is 131 cm³/mol. The van der Waals surface area contributed by atoms with E-state index >= 15 is 0 Å². The number of rotatable bonds is 10. The van der Waals surface area contributed by atoms with Crippen molar-refractivity contribution < 1.29 is 19.1 Å². The minimum absolute atomic E-state index is 0.0445. The molecule has 1 heterocycles. The van der Waals surface area contributed by atoms with Crippen molar-refractivity contribution in [3.63, 3.8) is 0 Å². The molecule has 7 nitrogen and oxygen atoms in total. The van der Waals surface area contributed by atoms with Gasteiger partial charge in [-0.15, -0.1) is 0 Å². The molecule has 1 aliphatic rings. The molecule has 0 unspecified atom stereocenters. The number of benzene rings is 2. The summed E-state index contributed by atoms with van der Waals surface area (Å²) in [6.07, 6.45) is 2.39. The molecule has 2 aromatic rings. The molecule has 2 N–H and O–H groups in total. The van der Waals surface area contributed by atoms with E-state index in [2.05, 4.69) is 10.6 Å². The van der Waals surface area contributed by atoms with Gasteiger partial charge in [0.1, 0.15) is 6.04 Å². The summed E-state index contributed by atoms with van der Waals surface area (Å²) in [5.74, 6) is -0.402. The van der Waals surface area contributed by atoms with Crippen molar-refractivity contribution in [3.05, 3.63) is 71.3 Å². The lowest BCUT2D eigenvalue weighted by molar-refractivity contribution is -0.132. The number of aryl methyl sites for hydroxylation is 1. The molecule has 0 spiro atoms. The molecule has 1 saturated heterocycles. The van der Waals surface area contributed by atoms with E-state index in [1.54, 1.807) is 13.2 Å². The third kappa shape index (κ3) is 7.42. The van der Waals surface area contributed by atoms with Gasteiger partial charge >= 0.3 is 0 Å². The number of carbonyl (C=O) groups excluding carboxylic acids is 3. The average Bonchev–Trinajstić information content (AvgIpc) is 2.85. The molecule has 0 aromatic heterocycles. The molecule has 1 atom stereocenters. The smallest absolute Gasteiger partial charge is 0.251 e. The number of piperidine rings is 1. The van der Waals surface area contributed by atoms with E-state index in [0.717, 1.165) is 11.1 Å². The summed E-state index contributed by atoms with van der Waals surface area (Å²) < 4.78 is 5.05. The highest BCUT2D eigenvalue weighted by Crippen LogP contribution is 2.22. The minimum atomic E-state index is -0.651. The fraction of sp³-hybridized carbons (Fsp3) is 0.444. The standard InChI is InChI=1S/C27H35N3O4/c1-20-8-6-11-23(18-20)26(32)29-25(27(33)28-14-7-17-34-2)22-12-15-30(16-13-22)24(31)19-21-9-4-3-5-10-21/h3-6,8-11,18,22,25H,7,12-17,19H2,1-2H3,(H,28,33)(H,29,32)/t25-/m1/s1. The molecule has 3 amide bonds. The Labute approximate surface area is 201 Å². The van der Waals surface area contributed by atoms with Crippen LogP contribution in [0.15, 0.2) is 54.6 Å². The summed E-state index contributed by atoms with van der Waals surface area (Å²) in [5, 5.41) is 5.90. The topological polar surface area (TPSA) is 87.7 Å². The number of nitrogens with zero attached hydrogens (tertiary/aromatic N) is 1. The maximum atomic E-state index is 13.0. The number of ether oxygens (including phenoxy) is 1. The van der Waals surface area contributed by atoms with Gasteiger partial charge in [-0.2, -0.15) is 0 Å². The first-order valence-corrected chi connectivity index (χ1v) is 11.9. The van der Waals surface area contributed by atoms with Gasteiger partial charge in [0.25, 0.3) is 5.91 Å². The molecule has 34 heavy (non-hydrogen) atoms. The molecule has 3 rings (SSSR count). The minimum Gasteiger partial charge on any atom is -0.385 e. The average molecular weight is 466 g/mol. The Kier molecular flexibility index (Phi) is 9.64. The van der Waals surface area contributed by atoms with Gasteiger partial charge in [-0.25, -0.2) is 0 Å². The number of hydrogen-bond donors (Lipinski definition) is 2. The van der Waals surface area contributed by atoms with Crippen molar-refractivity contribution in [2.24, 2.45) is 5.92 Å². The molecule has 2 aromatic carbocycles. The summed E-state index contributed by atoms with van der Waals surface area (Å²) in [6, 6.07) is 16.4. The second kappa shape index (κ2) is 12.9. The highest BCUT2D eigenvalue weighted by molar-refractivity contribution is 5.97. The molecule has 1 fully saturated rings. The lowest BCUT2D eigenvalue weighted by Crippen LogP contribution is -2.54. The van der Waals surface area contributed by atoms with Crippen molar-refractivity contribution >= 4 is 17.7 Å². The van der Waals surface area contributed by atoms with Crippen LogP contribution in [0.1, 0.15) is 40.7 Å². The lowest BCUT2D eigenvalue weighted by Gasteiger charge is -2.36. The normalized spacial score (nSPS) is 14.9. The molecule has 1 aliphatic heterocycles. The second-order valence-electron chi connectivity index (χ2n) is 8.84. The molecular formula is C27H35N3O4. The van der Waals surface area contributed by atoms with Gasteiger partial charge in [-0.3, -0.25) is 14.4 Å². The van der Waals surface area contributed by atoms with E-state index in [-0.39, 0.29) is 23.6 Å². The summed E-state index contributed by atoms with van der Waals surface area (Å²) in [7, 11) is 1.62. The maximum absolute atomic E-state index is 13.0. The van der Waals surface area contributed by atoms with Crippen molar-refractivity contribution in [2.45, 2.75) is 38.6 Å². The second-order valence-corrected chi connectivity index (χ2v) is 8.84. The molecule has 7 heteroatoms. The fourth-order valence-corrected chi connectivity index (χ4v) is 4.31. The summed E-state index contributed by atoms with van der Waals surface area (Å²) in [5.41, 5.74) is 2.51. The molecule has 0 saturated carbocycles. The quantitative estimate of drug-likeness (QED) is 0.528.